The molecule has 6 nitrogen and oxygen atoms in total. The maximum atomic E-state index is 4.75. The highest BCUT2D eigenvalue weighted by Crippen LogP contribution is 2.49. The van der Waals surface area contributed by atoms with E-state index in [2.05, 4.69) is 24.8 Å². The van der Waals surface area contributed by atoms with Crippen molar-refractivity contribution in [1.82, 2.24) is 29.9 Å². The number of nitrogens with zero attached hydrogens (tertiary/aromatic N) is 5. The molecular weight excluding hydrogens is 336 g/mol. The van der Waals surface area contributed by atoms with Crippen LogP contribution in [-0.2, 0) is 6.54 Å². The summed E-state index contributed by atoms with van der Waals surface area (Å²) in [6, 6.07) is 0.698. The second-order valence-corrected chi connectivity index (χ2v) is 9.78. The fourth-order valence-corrected chi connectivity index (χ4v) is 6.08. The number of fused-ring (bicyclic) bond motifs is 1. The molecular formula is C21H34N6. The van der Waals surface area contributed by atoms with Gasteiger partial charge in [-0.2, -0.15) is 0 Å². The van der Waals surface area contributed by atoms with Crippen molar-refractivity contribution in [3.63, 3.8) is 0 Å². The summed E-state index contributed by atoms with van der Waals surface area (Å²) >= 11 is 0. The Morgan fingerprint density at radius 3 is 2.30 bits per heavy atom. The van der Waals surface area contributed by atoms with Crippen molar-refractivity contribution in [3.05, 3.63) is 11.6 Å². The summed E-state index contributed by atoms with van der Waals surface area (Å²) in [6.45, 7) is 9.90. The van der Waals surface area contributed by atoms with Crippen LogP contribution in [0.2, 0.25) is 0 Å². The van der Waals surface area contributed by atoms with Gasteiger partial charge in [-0.1, -0.05) is 0 Å². The molecule has 27 heavy (non-hydrogen) atoms. The zero-order valence-electron chi connectivity index (χ0n) is 16.5. The Kier molecular flexibility index (Phi) is 4.27. The van der Waals surface area contributed by atoms with Crippen LogP contribution in [0.4, 0.5) is 0 Å². The van der Waals surface area contributed by atoms with Crippen LogP contribution in [0.15, 0.2) is 0 Å². The fourth-order valence-electron chi connectivity index (χ4n) is 6.08. The van der Waals surface area contributed by atoms with E-state index in [1.54, 1.807) is 0 Å². The van der Waals surface area contributed by atoms with Crippen molar-refractivity contribution >= 4 is 0 Å². The van der Waals surface area contributed by atoms with Crippen molar-refractivity contribution < 1.29 is 0 Å². The number of hydrogen-bond donors (Lipinski definition) is 1. The number of aromatic nitrogens is 3. The Morgan fingerprint density at radius 1 is 0.852 bits per heavy atom. The minimum absolute atomic E-state index is 0.627. The lowest BCUT2D eigenvalue weighted by atomic mass is 9.95. The van der Waals surface area contributed by atoms with Gasteiger partial charge in [0.1, 0.15) is 11.6 Å². The molecule has 0 radical (unpaired) electrons. The van der Waals surface area contributed by atoms with Crippen molar-refractivity contribution in [2.45, 2.75) is 57.0 Å². The molecule has 0 spiro atoms. The van der Waals surface area contributed by atoms with Crippen LogP contribution >= 0.6 is 0 Å². The van der Waals surface area contributed by atoms with Gasteiger partial charge in [0.15, 0.2) is 0 Å². The van der Waals surface area contributed by atoms with Gasteiger partial charge >= 0.3 is 0 Å². The molecule has 2 aliphatic carbocycles. The van der Waals surface area contributed by atoms with E-state index in [4.69, 9.17) is 5.10 Å². The van der Waals surface area contributed by atoms with Crippen LogP contribution < -0.4 is 5.32 Å². The lowest BCUT2D eigenvalue weighted by Gasteiger charge is -2.32. The van der Waals surface area contributed by atoms with Gasteiger partial charge in [-0.25, -0.2) is 0 Å². The average Bonchev–Trinajstić information content (AvgIpc) is 3.39. The van der Waals surface area contributed by atoms with Crippen LogP contribution in [0, 0.1) is 17.8 Å². The number of likely N-dealkylation sites (tertiary alicyclic amines) is 2. The second-order valence-electron chi connectivity index (χ2n) is 9.78. The summed E-state index contributed by atoms with van der Waals surface area (Å²) in [6.07, 6.45) is 7.90. The molecule has 0 bridgehead atoms. The Bertz CT molecular complexity index is 658. The van der Waals surface area contributed by atoms with Crippen LogP contribution in [0.25, 0.3) is 0 Å². The van der Waals surface area contributed by atoms with E-state index >= 15 is 0 Å². The molecule has 6 heteroatoms. The van der Waals surface area contributed by atoms with Gasteiger partial charge in [0.25, 0.3) is 0 Å². The standard InChI is InChI=1S/C21H34N6/c1-2-8-25(7-1)14-20-23-24-21(27(20)16-3-4-16)15-5-9-26(10-6-15)13-19-17-11-22-12-18(17)19/h15-19,22H,1-14H2/t17-,18+,19?. The van der Waals surface area contributed by atoms with E-state index in [1.807, 2.05) is 0 Å². The molecule has 148 valence electrons. The summed E-state index contributed by atoms with van der Waals surface area (Å²) in [5.41, 5.74) is 0. The maximum absolute atomic E-state index is 4.75. The van der Waals surface area contributed by atoms with Gasteiger partial charge in [0, 0.05) is 18.5 Å². The lowest BCUT2D eigenvalue weighted by molar-refractivity contribution is 0.193. The first-order valence-electron chi connectivity index (χ1n) is 11.5. The first kappa shape index (κ1) is 16.9. The number of hydrogen-bond acceptors (Lipinski definition) is 5. The summed E-state index contributed by atoms with van der Waals surface area (Å²) in [5.74, 6) is 6.17. The molecule has 1 aromatic rings. The summed E-state index contributed by atoms with van der Waals surface area (Å²) < 4.78 is 2.57. The molecule has 4 heterocycles. The highest BCUT2D eigenvalue weighted by Gasteiger charge is 2.53. The van der Waals surface area contributed by atoms with Crippen molar-refractivity contribution in [2.24, 2.45) is 17.8 Å². The summed E-state index contributed by atoms with van der Waals surface area (Å²) in [4.78, 5) is 5.30. The van der Waals surface area contributed by atoms with E-state index in [9.17, 15) is 0 Å². The molecule has 1 aromatic heterocycles. The SMILES string of the molecule is C1CCN(Cc2nnc(C3CCN(CC4[C@H]5CNC[C@@H]45)CC3)n2C2CC2)C1. The van der Waals surface area contributed by atoms with E-state index in [0.717, 1.165) is 24.3 Å². The van der Waals surface area contributed by atoms with Gasteiger partial charge in [-0.15, -0.1) is 10.2 Å². The molecule has 3 saturated heterocycles. The van der Waals surface area contributed by atoms with Crippen LogP contribution in [0.3, 0.4) is 0 Å². The van der Waals surface area contributed by atoms with Gasteiger partial charge in [-0.05, 0) is 95.5 Å². The molecule has 6 rings (SSSR count). The largest absolute Gasteiger partial charge is 0.316 e. The first-order chi connectivity index (χ1) is 13.4. The molecule has 3 atom stereocenters. The van der Waals surface area contributed by atoms with Gasteiger partial charge in [0.05, 0.1) is 6.54 Å². The number of piperidine rings is 2. The molecule has 1 N–H and O–H groups in total. The molecule has 2 saturated carbocycles. The van der Waals surface area contributed by atoms with Crippen LogP contribution in [-0.4, -0.2) is 70.4 Å². The third-order valence-electron chi connectivity index (χ3n) is 7.96. The monoisotopic (exact) mass is 370 g/mol. The normalized spacial score (nSPS) is 35.0. The topological polar surface area (TPSA) is 49.2 Å². The minimum Gasteiger partial charge on any atom is -0.316 e. The molecule has 3 aliphatic heterocycles. The highest BCUT2D eigenvalue weighted by molar-refractivity contribution is 5.10. The predicted molar refractivity (Wildman–Crippen MR) is 105 cm³/mol. The van der Waals surface area contributed by atoms with E-state index < -0.39 is 0 Å². The molecule has 0 aromatic carbocycles. The third kappa shape index (κ3) is 3.23. The van der Waals surface area contributed by atoms with Gasteiger partial charge in [-0.3, -0.25) is 4.90 Å². The Balaban J connectivity index is 1.10. The quantitative estimate of drug-likeness (QED) is 0.828. The molecule has 0 amide bonds. The Labute approximate surface area is 162 Å². The highest BCUT2D eigenvalue weighted by atomic mass is 15.3. The Morgan fingerprint density at radius 2 is 1.59 bits per heavy atom. The molecule has 1 unspecified atom stereocenters. The molecule has 5 fully saturated rings. The second kappa shape index (κ2) is 6.82. The smallest absolute Gasteiger partial charge is 0.147 e. The van der Waals surface area contributed by atoms with Crippen LogP contribution in [0.5, 0.6) is 0 Å². The van der Waals surface area contributed by atoms with Crippen molar-refractivity contribution in [2.75, 3.05) is 45.8 Å². The van der Waals surface area contributed by atoms with Gasteiger partial charge in [0.2, 0.25) is 0 Å². The maximum Gasteiger partial charge on any atom is 0.147 e. The third-order valence-corrected chi connectivity index (χ3v) is 7.96. The molecule has 5 aliphatic rings. The van der Waals surface area contributed by atoms with Crippen molar-refractivity contribution in [3.8, 4) is 0 Å². The van der Waals surface area contributed by atoms with Crippen molar-refractivity contribution in [1.29, 1.82) is 0 Å². The summed E-state index contributed by atoms with van der Waals surface area (Å²) in [5, 5.41) is 13.0. The predicted octanol–water partition coefficient (Wildman–Crippen LogP) is 1.85. The first-order valence-corrected chi connectivity index (χ1v) is 11.5. The Hall–Kier alpha value is -0.980. The van der Waals surface area contributed by atoms with E-state index in [0.29, 0.717) is 12.0 Å². The zero-order valence-corrected chi connectivity index (χ0v) is 16.5. The average molecular weight is 371 g/mol. The lowest BCUT2D eigenvalue weighted by Crippen LogP contribution is -2.36. The van der Waals surface area contributed by atoms with Gasteiger partial charge < -0.3 is 14.8 Å². The van der Waals surface area contributed by atoms with Crippen LogP contribution in [0.1, 0.15) is 62.1 Å². The van der Waals surface area contributed by atoms with E-state index in [1.165, 1.54) is 96.0 Å². The minimum atomic E-state index is 0.627. The number of nitrogens with one attached hydrogen (secondary N) is 1. The van der Waals surface area contributed by atoms with E-state index in [-0.39, 0.29) is 0 Å². The fraction of sp³-hybridized carbons (Fsp3) is 0.905. The number of rotatable bonds is 6. The summed E-state index contributed by atoms with van der Waals surface area (Å²) in [7, 11) is 0. The zero-order chi connectivity index (χ0) is 17.8.